The van der Waals surface area contributed by atoms with E-state index in [1.807, 2.05) is 0 Å². The first-order valence-electron chi connectivity index (χ1n) is 7.67. The molecular formula is C14H9F17O2. The molecule has 0 aliphatic rings. The summed E-state index contributed by atoms with van der Waals surface area (Å²) in [4.78, 5) is 11.2. The molecule has 196 valence electrons. The molecule has 0 heterocycles. The molecule has 0 atom stereocenters. The summed E-state index contributed by atoms with van der Waals surface area (Å²) in [5.74, 6) is -43.2. The number of hydrogen-bond donors (Lipinski definition) is 0. The maximum atomic E-state index is 13.6. The third-order valence-corrected chi connectivity index (χ3v) is 3.74. The fraction of sp³-hybridized carbons (Fsp3) is 0.786. The van der Waals surface area contributed by atoms with Gasteiger partial charge in [0, 0.05) is 12.8 Å². The zero-order valence-electron chi connectivity index (χ0n) is 15.1. The highest BCUT2D eigenvalue weighted by atomic mass is 19.4. The SMILES string of the molecule is C=C(C(=O)OCC(F)(F)C(F)(F)C(F)(F)C(F)F)C(F)(F)C(F)(F)C(F)(F)CCC(F)(F)F. The van der Waals surface area contributed by atoms with Gasteiger partial charge in [0.05, 0.1) is 0 Å². The van der Waals surface area contributed by atoms with Gasteiger partial charge in [-0.15, -0.1) is 0 Å². The van der Waals surface area contributed by atoms with Crippen molar-refractivity contribution in [2.45, 2.75) is 61.0 Å². The van der Waals surface area contributed by atoms with Crippen molar-refractivity contribution < 1.29 is 84.2 Å². The monoisotopic (exact) mass is 532 g/mol. The van der Waals surface area contributed by atoms with Crippen LogP contribution in [0.2, 0.25) is 0 Å². The summed E-state index contributed by atoms with van der Waals surface area (Å²) in [5.41, 5.74) is -3.18. The van der Waals surface area contributed by atoms with Crippen LogP contribution in [0.4, 0.5) is 74.6 Å². The average molecular weight is 532 g/mol. The number of esters is 1. The molecule has 0 fully saturated rings. The summed E-state index contributed by atoms with van der Waals surface area (Å²) in [6.07, 6.45) is -16.7. The largest absolute Gasteiger partial charge is 0.456 e. The van der Waals surface area contributed by atoms with Crippen molar-refractivity contribution in [1.82, 2.24) is 0 Å². The van der Waals surface area contributed by atoms with E-state index in [9.17, 15) is 79.4 Å². The highest BCUT2D eigenvalue weighted by Gasteiger charge is 2.76. The molecule has 19 heteroatoms. The summed E-state index contributed by atoms with van der Waals surface area (Å²) in [5, 5.41) is 0. The summed E-state index contributed by atoms with van der Waals surface area (Å²) < 4.78 is 221. The predicted octanol–water partition coefficient (Wildman–Crippen LogP) is 6.51. The van der Waals surface area contributed by atoms with Crippen molar-refractivity contribution >= 4 is 5.97 Å². The van der Waals surface area contributed by atoms with E-state index in [2.05, 4.69) is 4.74 Å². The van der Waals surface area contributed by atoms with E-state index in [1.165, 1.54) is 0 Å². The lowest BCUT2D eigenvalue weighted by atomic mass is 9.95. The Balaban J connectivity index is 5.66. The fourth-order valence-corrected chi connectivity index (χ4v) is 1.72. The Morgan fingerprint density at radius 1 is 0.697 bits per heavy atom. The van der Waals surface area contributed by atoms with Crippen LogP contribution in [0.3, 0.4) is 0 Å². The lowest BCUT2D eigenvalue weighted by molar-refractivity contribution is -0.344. The Morgan fingerprint density at radius 2 is 1.12 bits per heavy atom. The van der Waals surface area contributed by atoms with Crippen LogP contribution in [0.5, 0.6) is 0 Å². The van der Waals surface area contributed by atoms with Crippen LogP contribution in [-0.2, 0) is 9.53 Å². The Morgan fingerprint density at radius 3 is 1.48 bits per heavy atom. The van der Waals surface area contributed by atoms with Gasteiger partial charge in [-0.3, -0.25) is 0 Å². The summed E-state index contributed by atoms with van der Waals surface area (Å²) in [6.45, 7) is -1.63. The molecule has 0 aromatic heterocycles. The first-order valence-corrected chi connectivity index (χ1v) is 7.67. The highest BCUT2D eigenvalue weighted by Crippen LogP contribution is 2.52. The van der Waals surface area contributed by atoms with Gasteiger partial charge in [-0.25, -0.2) is 13.6 Å². The Hall–Kier alpha value is -1.98. The van der Waals surface area contributed by atoms with Crippen LogP contribution >= 0.6 is 0 Å². The third kappa shape index (κ3) is 5.93. The minimum atomic E-state index is -7.01. The molecule has 0 unspecified atom stereocenters. The van der Waals surface area contributed by atoms with Gasteiger partial charge in [0.25, 0.3) is 0 Å². The van der Waals surface area contributed by atoms with Gasteiger partial charge in [-0.05, 0) is 0 Å². The van der Waals surface area contributed by atoms with Crippen LogP contribution in [0.1, 0.15) is 12.8 Å². The zero-order valence-corrected chi connectivity index (χ0v) is 15.1. The van der Waals surface area contributed by atoms with Crippen molar-refractivity contribution in [2.75, 3.05) is 6.61 Å². The lowest BCUT2D eigenvalue weighted by Crippen LogP contribution is -2.59. The molecule has 0 aromatic rings. The van der Waals surface area contributed by atoms with Crippen molar-refractivity contribution in [3.05, 3.63) is 12.2 Å². The molecule has 0 aliphatic heterocycles. The molecule has 0 bridgehead atoms. The predicted molar refractivity (Wildman–Crippen MR) is 71.1 cm³/mol. The normalized spacial score (nSPS) is 15.1. The van der Waals surface area contributed by atoms with Crippen molar-refractivity contribution in [3.63, 3.8) is 0 Å². The molecule has 0 N–H and O–H groups in total. The molecule has 0 saturated carbocycles. The van der Waals surface area contributed by atoms with E-state index < -0.39 is 79.1 Å². The first-order chi connectivity index (χ1) is 14.2. The number of alkyl halides is 17. The number of carbonyl (C=O) groups excluding carboxylic acids is 1. The van der Waals surface area contributed by atoms with Crippen LogP contribution in [0.15, 0.2) is 12.2 Å². The van der Waals surface area contributed by atoms with Crippen LogP contribution in [0, 0.1) is 0 Å². The Bertz CT molecular complexity index is 722. The smallest absolute Gasteiger partial charge is 0.389 e. The summed E-state index contributed by atoms with van der Waals surface area (Å²) in [6, 6.07) is 0. The van der Waals surface area contributed by atoms with Crippen LogP contribution in [-0.4, -0.2) is 60.7 Å². The number of halogens is 17. The van der Waals surface area contributed by atoms with Crippen molar-refractivity contribution in [3.8, 4) is 0 Å². The molecule has 0 saturated heterocycles. The minimum Gasteiger partial charge on any atom is -0.456 e. The first kappa shape index (κ1) is 31.0. The van der Waals surface area contributed by atoms with E-state index in [1.54, 1.807) is 6.58 Å². The number of carbonyl (C=O) groups is 1. The molecule has 0 aromatic carbocycles. The molecule has 0 amide bonds. The second-order valence-corrected chi connectivity index (χ2v) is 6.23. The molecule has 0 rings (SSSR count). The maximum absolute atomic E-state index is 13.6. The summed E-state index contributed by atoms with van der Waals surface area (Å²) in [7, 11) is 0. The lowest BCUT2D eigenvalue weighted by Gasteiger charge is -2.34. The number of hydrogen-bond acceptors (Lipinski definition) is 2. The van der Waals surface area contributed by atoms with Gasteiger partial charge in [0.1, 0.15) is 5.57 Å². The van der Waals surface area contributed by atoms with E-state index in [0.29, 0.717) is 0 Å². The van der Waals surface area contributed by atoms with Crippen LogP contribution in [0.25, 0.3) is 0 Å². The third-order valence-electron chi connectivity index (χ3n) is 3.74. The topological polar surface area (TPSA) is 26.3 Å². The van der Waals surface area contributed by atoms with Crippen molar-refractivity contribution in [2.24, 2.45) is 0 Å². The maximum Gasteiger partial charge on any atom is 0.389 e. The molecule has 0 radical (unpaired) electrons. The minimum absolute atomic E-state index is 1.79. The molecule has 2 nitrogen and oxygen atoms in total. The van der Waals surface area contributed by atoms with Crippen molar-refractivity contribution in [1.29, 1.82) is 0 Å². The number of rotatable bonds is 11. The van der Waals surface area contributed by atoms with Gasteiger partial charge >= 0.3 is 54.1 Å². The molecular weight excluding hydrogens is 523 g/mol. The zero-order chi connectivity index (χ0) is 27.1. The number of ether oxygens (including phenoxy) is 1. The average Bonchev–Trinajstić information content (AvgIpc) is 2.62. The van der Waals surface area contributed by atoms with Gasteiger partial charge in [0.2, 0.25) is 0 Å². The molecule has 0 spiro atoms. The van der Waals surface area contributed by atoms with Gasteiger partial charge in [-0.2, -0.15) is 65.9 Å². The summed E-state index contributed by atoms with van der Waals surface area (Å²) >= 11 is 0. The quantitative estimate of drug-likeness (QED) is 0.173. The van der Waals surface area contributed by atoms with Gasteiger partial charge < -0.3 is 4.74 Å². The second-order valence-electron chi connectivity index (χ2n) is 6.23. The molecule has 33 heavy (non-hydrogen) atoms. The van der Waals surface area contributed by atoms with E-state index in [-0.39, 0.29) is 0 Å². The fourth-order valence-electron chi connectivity index (χ4n) is 1.72. The Labute approximate surface area is 171 Å². The van der Waals surface area contributed by atoms with Crippen LogP contribution < -0.4 is 0 Å². The molecule has 0 aliphatic carbocycles. The standard InChI is InChI=1S/C14H9F17O2/c1-5(11(24,25)13(28,29)8(17,18)2-3-10(21,22)23)6(32)33-4-9(19,20)14(30,31)12(26,27)7(15)16/h7H,1-4H2. The van der Waals surface area contributed by atoms with E-state index in [0.717, 1.165) is 0 Å². The van der Waals surface area contributed by atoms with Gasteiger partial charge in [0.15, 0.2) is 6.61 Å². The second kappa shape index (κ2) is 8.99. The van der Waals surface area contributed by atoms with E-state index in [4.69, 9.17) is 0 Å². The highest BCUT2D eigenvalue weighted by molar-refractivity contribution is 5.90. The van der Waals surface area contributed by atoms with Gasteiger partial charge in [-0.1, -0.05) is 6.58 Å². The van der Waals surface area contributed by atoms with E-state index >= 15 is 0 Å². The Kier molecular flexibility index (Phi) is 8.45.